The number of rotatable bonds is 36. The molecule has 113 heavy (non-hydrogen) atoms. The van der Waals surface area contributed by atoms with Gasteiger partial charge in [0.05, 0.1) is 92.2 Å². The van der Waals surface area contributed by atoms with E-state index in [1.54, 1.807) is 0 Å². The van der Waals surface area contributed by atoms with Crippen LogP contribution in [-0.2, 0) is 38.1 Å². The van der Waals surface area contributed by atoms with Crippen LogP contribution in [0.4, 0.5) is 0 Å². The Labute approximate surface area is 667 Å². The Bertz CT molecular complexity index is 4930. The van der Waals surface area contributed by atoms with Crippen LogP contribution in [0, 0.1) is 16.7 Å². The second-order valence-electron chi connectivity index (χ2n) is 28.6. The van der Waals surface area contributed by atoms with Gasteiger partial charge in [0.1, 0.15) is 0 Å². The van der Waals surface area contributed by atoms with Crippen LogP contribution in [0.3, 0.4) is 0 Å². The third-order valence-corrected chi connectivity index (χ3v) is 19.8. The summed E-state index contributed by atoms with van der Waals surface area (Å²) in [5.41, 5.74) is 11.9. The van der Waals surface area contributed by atoms with E-state index in [4.69, 9.17) is 37.9 Å². The number of benzene rings is 8. The van der Waals surface area contributed by atoms with Crippen LogP contribution in [0.25, 0.3) is 88.1 Å². The molecule has 12 rings (SSSR count). The number of para-hydroxylation sites is 4. The third-order valence-electron chi connectivity index (χ3n) is 19.8. The molecule has 0 fully saturated rings. The first kappa shape index (κ1) is 85.5. The van der Waals surface area contributed by atoms with Gasteiger partial charge in [0, 0.05) is 52.2 Å². The first-order valence-corrected chi connectivity index (χ1v) is 39.9. The van der Waals surface area contributed by atoms with Gasteiger partial charge in [0.2, 0.25) is 23.5 Å². The normalized spacial score (nSPS) is 11.8. The molecule has 0 aliphatic rings. The second kappa shape index (κ2) is 45.1. The maximum absolute atomic E-state index is 12.2. The lowest BCUT2D eigenvalue weighted by atomic mass is 9.82. The van der Waals surface area contributed by atoms with Gasteiger partial charge >= 0.3 is 23.9 Å². The average molecular weight is 1520 g/mol. The average Bonchev–Trinajstić information content (AvgIpc) is 0.814. The van der Waals surface area contributed by atoms with Gasteiger partial charge in [-0.05, 0) is 194 Å². The van der Waals surface area contributed by atoms with Crippen molar-refractivity contribution in [2.24, 2.45) is 16.7 Å². The zero-order chi connectivity index (χ0) is 80.1. The summed E-state index contributed by atoms with van der Waals surface area (Å²) in [7, 11) is 1.43. The van der Waals surface area contributed by atoms with E-state index in [1.807, 2.05) is 225 Å². The van der Waals surface area contributed by atoms with E-state index in [9.17, 15) is 19.2 Å². The predicted octanol–water partition coefficient (Wildman–Crippen LogP) is 23.1. The highest BCUT2D eigenvalue weighted by Gasteiger charge is 2.32. The molecule has 0 spiro atoms. The summed E-state index contributed by atoms with van der Waals surface area (Å²) in [6.07, 6.45) is 11.6. The Morgan fingerprint density at radius 1 is 0.354 bits per heavy atom. The fraction of sp³-hybridized carbons (Fsp3) is 0.340. The van der Waals surface area contributed by atoms with Crippen molar-refractivity contribution < 1.29 is 57.1 Å². The number of esters is 4. The van der Waals surface area contributed by atoms with Crippen molar-refractivity contribution in [3.8, 4) is 68.0 Å². The van der Waals surface area contributed by atoms with Crippen LogP contribution in [0.5, 0.6) is 23.5 Å². The highest BCUT2D eigenvalue weighted by molar-refractivity contribution is 5.98. The fourth-order valence-electron chi connectivity index (χ4n) is 13.2. The third kappa shape index (κ3) is 26.0. The van der Waals surface area contributed by atoms with Crippen LogP contribution in [0.1, 0.15) is 145 Å². The van der Waals surface area contributed by atoms with E-state index in [2.05, 4.69) is 92.7 Å². The minimum Gasteiger partial charge on any atom is -0.478 e. The molecule has 2 atom stereocenters. The Morgan fingerprint density at radius 3 is 1.01 bits per heavy atom. The smallest absolute Gasteiger partial charge is 0.311 e. The molecule has 0 saturated carbocycles. The molecule has 16 nitrogen and oxygen atoms in total. The van der Waals surface area contributed by atoms with E-state index < -0.39 is 10.8 Å². The fourth-order valence-corrected chi connectivity index (χ4v) is 13.2. The Balaban J connectivity index is 0.000000173. The molecule has 12 aromatic rings. The number of ether oxygens (including phenoxy) is 8. The molecule has 4 heterocycles. The molecule has 4 aromatic heterocycles. The number of hydrogen-bond donors (Lipinski definition) is 0. The Hall–Kier alpha value is -11.5. The maximum atomic E-state index is 12.2. The lowest BCUT2D eigenvalue weighted by Gasteiger charge is -2.25. The highest BCUT2D eigenvalue weighted by atomic mass is 16.5. The molecule has 2 unspecified atom stereocenters. The quantitative estimate of drug-likeness (QED) is 0.0204. The molecule has 0 amide bonds. The Morgan fingerprint density at radius 2 is 0.673 bits per heavy atom. The van der Waals surface area contributed by atoms with Gasteiger partial charge in [-0.1, -0.05) is 208 Å². The van der Waals surface area contributed by atoms with E-state index >= 15 is 0 Å². The van der Waals surface area contributed by atoms with Crippen LogP contribution in [-0.4, -0.2) is 97.2 Å². The molecule has 0 N–H and O–H groups in total. The molecule has 0 bridgehead atoms. The van der Waals surface area contributed by atoms with Gasteiger partial charge in [-0.3, -0.25) is 19.2 Å². The SMILES string of the molecule is CCOC(=O)C(C)(CC)CCCCOc1cc(-c2ccccc2)c2ccccc2n1.CCOC(=O)C(C)CCCCOc1cc(-c2ccccc2)c2ccccc2n1.CCOC(=O)CCCCCOc1cc(-c2ccccc2)c2ccccc2n1.COC(=O)C(C)(C)CCCCOc1cc(-c2ccccc2)c2ccccc2n1. The predicted molar refractivity (Wildman–Crippen MR) is 454 cm³/mol. The number of nitrogens with zero attached hydrogens (tertiary/aromatic N) is 4. The first-order chi connectivity index (χ1) is 55.0. The summed E-state index contributed by atoms with van der Waals surface area (Å²) < 4.78 is 43.9. The number of aromatic nitrogens is 4. The number of hydrogen-bond acceptors (Lipinski definition) is 16. The number of carbonyl (C=O) groups is 4. The molecular formula is C97H110N4O12. The molecule has 0 aliphatic carbocycles. The van der Waals surface area contributed by atoms with Gasteiger partial charge in [-0.2, -0.15) is 0 Å². The van der Waals surface area contributed by atoms with Crippen molar-refractivity contribution in [3.05, 3.63) is 243 Å². The number of carbonyl (C=O) groups excluding carboxylic acids is 4. The second-order valence-corrected chi connectivity index (χ2v) is 28.6. The van der Waals surface area contributed by atoms with Gasteiger partial charge in [-0.25, -0.2) is 19.9 Å². The standard InChI is InChI=1S/C26H31NO3.2C24H27NO3.C23H25NO3/c1-4-26(3,25(28)29-5-2)17-11-12-18-30-24-19-22(20-13-7-6-8-14-20)21-15-9-10-16-23(21)27-24;1-24(2,23(26)27-3)15-9-10-16-28-22-17-20(18-11-5-4-6-12-18)19-13-7-8-14-21(19)25-22;1-3-27-24(26)18(2)11-9-10-16-28-23-17-21(19-12-5-4-6-13-19)20-14-7-8-15-22(20)25-23;1-2-26-23(25)15-7-4-10-16-27-22-17-20(18-11-5-3-6-12-18)19-13-8-9-14-21(19)24-22/h6-10,13-16,19H,4-5,11-12,17-18H2,1-3H3;4-8,11-14,17H,9-10,15-16H2,1-3H3;4-8,12-15,17-18H,3,9-11,16H2,1-2H3;3,5-6,8-9,11-14,17H,2,4,7,10,15-16H2,1H3. The lowest BCUT2D eigenvalue weighted by molar-refractivity contribution is -0.155. The molecule has 0 radical (unpaired) electrons. The summed E-state index contributed by atoms with van der Waals surface area (Å²) in [6, 6.07) is 81.7. The molecular weight excluding hydrogens is 1410 g/mol. The molecule has 16 heteroatoms. The monoisotopic (exact) mass is 1520 g/mol. The van der Waals surface area contributed by atoms with Crippen molar-refractivity contribution in [1.82, 2.24) is 19.9 Å². The van der Waals surface area contributed by atoms with Crippen molar-refractivity contribution in [1.29, 1.82) is 0 Å². The minimum atomic E-state index is -0.462. The van der Waals surface area contributed by atoms with Crippen LogP contribution in [0.15, 0.2) is 243 Å². The number of fused-ring (bicyclic) bond motifs is 4. The lowest BCUT2D eigenvalue weighted by Crippen LogP contribution is -2.29. The van der Waals surface area contributed by atoms with E-state index in [1.165, 1.54) is 7.11 Å². The van der Waals surface area contributed by atoms with Gasteiger partial charge in [0.25, 0.3) is 0 Å². The summed E-state index contributed by atoms with van der Waals surface area (Å²) in [4.78, 5) is 65.6. The van der Waals surface area contributed by atoms with E-state index in [-0.39, 0.29) is 29.8 Å². The molecule has 8 aromatic carbocycles. The summed E-state index contributed by atoms with van der Waals surface area (Å²) in [5.74, 6) is 1.96. The summed E-state index contributed by atoms with van der Waals surface area (Å²) >= 11 is 0. The largest absolute Gasteiger partial charge is 0.478 e. The number of unbranched alkanes of at least 4 members (excludes halogenated alkanes) is 5. The molecule has 590 valence electrons. The summed E-state index contributed by atoms with van der Waals surface area (Å²) in [6.45, 7) is 18.9. The van der Waals surface area contributed by atoms with Gasteiger partial charge in [-0.15, -0.1) is 0 Å². The van der Waals surface area contributed by atoms with Crippen molar-refractivity contribution >= 4 is 67.5 Å². The number of methoxy groups -OCH3 is 1. The van der Waals surface area contributed by atoms with E-state index in [0.717, 1.165) is 172 Å². The highest BCUT2D eigenvalue weighted by Crippen LogP contribution is 2.37. The first-order valence-electron chi connectivity index (χ1n) is 39.9. The van der Waals surface area contributed by atoms with Crippen LogP contribution < -0.4 is 18.9 Å². The number of pyridine rings is 4. The van der Waals surface area contributed by atoms with E-state index in [0.29, 0.717) is 76.2 Å². The van der Waals surface area contributed by atoms with Crippen molar-refractivity contribution in [2.75, 3.05) is 53.4 Å². The van der Waals surface area contributed by atoms with Gasteiger partial charge < -0.3 is 37.9 Å². The van der Waals surface area contributed by atoms with Crippen molar-refractivity contribution in [2.45, 2.75) is 145 Å². The van der Waals surface area contributed by atoms with Crippen molar-refractivity contribution in [3.63, 3.8) is 0 Å². The van der Waals surface area contributed by atoms with Gasteiger partial charge in [0.15, 0.2) is 0 Å². The Kier molecular flexibility index (Phi) is 34.1. The molecule has 0 aliphatic heterocycles. The summed E-state index contributed by atoms with van der Waals surface area (Å²) in [5, 5.41) is 4.46. The van der Waals surface area contributed by atoms with Crippen LogP contribution in [0.2, 0.25) is 0 Å². The topological polar surface area (TPSA) is 194 Å². The minimum absolute atomic E-state index is 0.0663. The zero-order valence-corrected chi connectivity index (χ0v) is 67.2. The maximum Gasteiger partial charge on any atom is 0.311 e. The zero-order valence-electron chi connectivity index (χ0n) is 67.2. The van der Waals surface area contributed by atoms with Crippen LogP contribution >= 0.6 is 0 Å². The molecule has 0 saturated heterocycles.